The molecule has 2 aromatic rings. The van der Waals surface area contributed by atoms with Gasteiger partial charge in [0.05, 0.1) is 16.1 Å². The number of hydrogen-bond donors (Lipinski definition) is 1. The number of amidine groups is 1. The minimum Gasteiger partial charge on any atom is -0.339 e. The molecule has 0 atom stereocenters. The van der Waals surface area contributed by atoms with Crippen LogP contribution in [0.3, 0.4) is 0 Å². The van der Waals surface area contributed by atoms with E-state index in [4.69, 9.17) is 23.2 Å². The molecule has 0 radical (unpaired) electrons. The van der Waals surface area contributed by atoms with Gasteiger partial charge in [-0.05, 0) is 30.3 Å². The van der Waals surface area contributed by atoms with E-state index in [0.29, 0.717) is 6.20 Å². The molecule has 0 aromatic heterocycles. The molecule has 0 saturated heterocycles. The summed E-state index contributed by atoms with van der Waals surface area (Å²) >= 11 is 11.7. The summed E-state index contributed by atoms with van der Waals surface area (Å²) in [4.78, 5) is 14.4. The maximum Gasteiger partial charge on any atom is 0.418 e. The van der Waals surface area contributed by atoms with Crippen LogP contribution in [-0.4, -0.2) is 16.9 Å². The molecule has 0 bridgehead atoms. The van der Waals surface area contributed by atoms with Crippen LogP contribution in [0, 0.1) is 10.1 Å². The maximum atomic E-state index is 13.4. The molecule has 5 nitrogen and oxygen atoms in total. The monoisotopic (exact) mass is 401 g/mol. The van der Waals surface area contributed by atoms with Crippen molar-refractivity contribution < 1.29 is 18.1 Å². The fourth-order valence-corrected chi connectivity index (χ4v) is 2.77. The number of nitro benzene ring substituents is 1. The second-order valence-corrected chi connectivity index (χ2v) is 6.12. The van der Waals surface area contributed by atoms with Crippen LogP contribution in [0.5, 0.6) is 0 Å². The zero-order valence-electron chi connectivity index (χ0n) is 12.6. The van der Waals surface area contributed by atoms with E-state index in [1.807, 2.05) is 0 Å². The van der Waals surface area contributed by atoms with Crippen molar-refractivity contribution in [2.45, 2.75) is 6.18 Å². The van der Waals surface area contributed by atoms with E-state index in [2.05, 4.69) is 10.3 Å². The summed E-state index contributed by atoms with van der Waals surface area (Å²) < 4.78 is 40.2. The van der Waals surface area contributed by atoms with Crippen molar-refractivity contribution in [1.82, 2.24) is 0 Å². The highest BCUT2D eigenvalue weighted by Gasteiger charge is 2.37. The number of nitrogens with zero attached hydrogens (tertiary/aromatic N) is 2. The van der Waals surface area contributed by atoms with Crippen molar-refractivity contribution in [3.63, 3.8) is 0 Å². The lowest BCUT2D eigenvalue weighted by Crippen LogP contribution is -2.16. The number of rotatable bonds is 2. The van der Waals surface area contributed by atoms with Crippen LogP contribution < -0.4 is 5.32 Å². The van der Waals surface area contributed by atoms with Crippen molar-refractivity contribution in [3.05, 3.63) is 73.9 Å². The third-order valence-corrected chi connectivity index (χ3v) is 4.03. The van der Waals surface area contributed by atoms with Gasteiger partial charge in [0.1, 0.15) is 5.84 Å². The molecular weight excluding hydrogens is 394 g/mol. The Morgan fingerprint density at radius 1 is 1.04 bits per heavy atom. The van der Waals surface area contributed by atoms with E-state index in [1.54, 1.807) is 0 Å². The van der Waals surface area contributed by atoms with Gasteiger partial charge in [0.25, 0.3) is 5.69 Å². The number of fused-ring (bicyclic) bond motifs is 1. The number of benzene rings is 2. The molecule has 0 unspecified atom stereocenters. The molecule has 3 rings (SSSR count). The van der Waals surface area contributed by atoms with Crippen molar-refractivity contribution in [2.24, 2.45) is 4.99 Å². The van der Waals surface area contributed by atoms with Crippen molar-refractivity contribution >= 4 is 46.0 Å². The van der Waals surface area contributed by atoms with E-state index in [9.17, 15) is 23.3 Å². The van der Waals surface area contributed by atoms with Gasteiger partial charge in [-0.25, -0.2) is 4.99 Å². The van der Waals surface area contributed by atoms with Crippen LogP contribution >= 0.6 is 23.2 Å². The molecule has 0 spiro atoms. The summed E-state index contributed by atoms with van der Waals surface area (Å²) in [5, 5.41) is 14.2. The Labute approximate surface area is 154 Å². The van der Waals surface area contributed by atoms with Gasteiger partial charge in [-0.3, -0.25) is 10.1 Å². The first-order valence-corrected chi connectivity index (χ1v) is 7.79. The molecule has 1 aliphatic rings. The average Bonchev–Trinajstić information content (AvgIpc) is 2.73. The number of nitro groups is 1. The van der Waals surface area contributed by atoms with Gasteiger partial charge in [-0.2, -0.15) is 13.2 Å². The highest BCUT2D eigenvalue weighted by atomic mass is 35.5. The number of aliphatic imine (C=N–C) groups is 1. The first-order chi connectivity index (χ1) is 12.2. The number of alkyl halides is 3. The molecule has 2 aromatic carbocycles. The molecule has 1 N–H and O–H groups in total. The van der Waals surface area contributed by atoms with Gasteiger partial charge in [-0.1, -0.05) is 23.2 Å². The lowest BCUT2D eigenvalue weighted by molar-refractivity contribution is -0.385. The Morgan fingerprint density at radius 3 is 2.27 bits per heavy atom. The molecule has 0 amide bonds. The molecule has 1 aliphatic heterocycles. The Balaban J connectivity index is 2.23. The fourth-order valence-electron chi connectivity index (χ4n) is 2.43. The first-order valence-electron chi connectivity index (χ1n) is 7.03. The normalized spacial score (nSPS) is 13.9. The molecule has 0 fully saturated rings. The molecule has 134 valence electrons. The SMILES string of the molecule is O=[N+]([O-])c1ccc(Cl)cc1C1=NC=C(C(F)(F)F)c2cc(Cl)ccc2N1. The molecule has 0 saturated carbocycles. The minimum atomic E-state index is -4.69. The summed E-state index contributed by atoms with van der Waals surface area (Å²) in [7, 11) is 0. The number of anilines is 1. The molecule has 10 heteroatoms. The van der Waals surface area contributed by atoms with Crippen LogP contribution in [0.4, 0.5) is 24.5 Å². The second kappa shape index (κ2) is 6.62. The quantitative estimate of drug-likeness (QED) is 0.520. The largest absolute Gasteiger partial charge is 0.418 e. The van der Waals surface area contributed by atoms with E-state index in [0.717, 1.165) is 12.1 Å². The average molecular weight is 402 g/mol. The lowest BCUT2D eigenvalue weighted by atomic mass is 10.0. The van der Waals surface area contributed by atoms with Crippen LogP contribution in [0.15, 0.2) is 47.6 Å². The summed E-state index contributed by atoms with van der Waals surface area (Å²) in [6.07, 6.45) is -4.09. The van der Waals surface area contributed by atoms with E-state index in [-0.39, 0.29) is 38.4 Å². The predicted molar refractivity (Wildman–Crippen MR) is 93.8 cm³/mol. The maximum absolute atomic E-state index is 13.4. The van der Waals surface area contributed by atoms with Crippen LogP contribution in [0.25, 0.3) is 5.57 Å². The standard InChI is InChI=1S/C16H8Cl2F3N3O2/c17-8-1-3-13-10(5-8)12(16(19,20)21)7-22-15(23-13)11-6-9(18)2-4-14(11)24(25)26/h1-7H,(H,22,23). The minimum absolute atomic E-state index is 0.0388. The Morgan fingerprint density at radius 2 is 1.65 bits per heavy atom. The zero-order valence-corrected chi connectivity index (χ0v) is 14.2. The van der Waals surface area contributed by atoms with Gasteiger partial charge < -0.3 is 5.32 Å². The number of allylic oxidation sites excluding steroid dienone is 1. The van der Waals surface area contributed by atoms with Gasteiger partial charge in [-0.15, -0.1) is 0 Å². The smallest absolute Gasteiger partial charge is 0.339 e. The highest BCUT2D eigenvalue weighted by molar-refractivity contribution is 6.31. The highest BCUT2D eigenvalue weighted by Crippen LogP contribution is 2.40. The van der Waals surface area contributed by atoms with Gasteiger partial charge in [0.15, 0.2) is 0 Å². The third kappa shape index (κ3) is 3.51. The summed E-state index contributed by atoms with van der Waals surface area (Å²) in [5.41, 5.74) is -1.57. The van der Waals surface area contributed by atoms with E-state index in [1.165, 1.54) is 24.3 Å². The summed E-state index contributed by atoms with van der Waals surface area (Å²) in [6, 6.07) is 7.61. The topological polar surface area (TPSA) is 67.5 Å². The summed E-state index contributed by atoms with van der Waals surface area (Å²) in [6.45, 7) is 0. The molecule has 26 heavy (non-hydrogen) atoms. The number of nitrogens with one attached hydrogen (secondary N) is 1. The Kier molecular flexibility index (Phi) is 4.64. The molecule has 0 aliphatic carbocycles. The van der Waals surface area contributed by atoms with E-state index < -0.39 is 16.7 Å². The van der Waals surface area contributed by atoms with Crippen molar-refractivity contribution in [1.29, 1.82) is 0 Å². The second-order valence-electron chi connectivity index (χ2n) is 5.25. The predicted octanol–water partition coefficient (Wildman–Crippen LogP) is 5.68. The lowest BCUT2D eigenvalue weighted by Gasteiger charge is -2.15. The molecule has 1 heterocycles. The Hall–Kier alpha value is -2.58. The van der Waals surface area contributed by atoms with Crippen molar-refractivity contribution in [2.75, 3.05) is 5.32 Å². The first kappa shape index (κ1) is 18.2. The van der Waals surface area contributed by atoms with Crippen LogP contribution in [0.1, 0.15) is 11.1 Å². The van der Waals surface area contributed by atoms with Crippen LogP contribution in [0.2, 0.25) is 10.0 Å². The van der Waals surface area contributed by atoms with Crippen LogP contribution in [-0.2, 0) is 0 Å². The van der Waals surface area contributed by atoms with E-state index >= 15 is 0 Å². The van der Waals surface area contributed by atoms with Crippen molar-refractivity contribution in [3.8, 4) is 0 Å². The number of hydrogen-bond acceptors (Lipinski definition) is 4. The summed E-state index contributed by atoms with van der Waals surface area (Å²) in [5.74, 6) is -0.137. The van der Waals surface area contributed by atoms with Gasteiger partial charge >= 0.3 is 6.18 Å². The Bertz CT molecular complexity index is 972. The zero-order chi connectivity index (χ0) is 19.1. The van der Waals surface area contributed by atoms with Gasteiger partial charge in [0, 0.05) is 33.6 Å². The third-order valence-electron chi connectivity index (χ3n) is 3.56. The molecular formula is C16H8Cl2F3N3O2. The fraction of sp³-hybridized carbons (Fsp3) is 0.0625. The number of halogens is 5. The van der Waals surface area contributed by atoms with Gasteiger partial charge in [0.2, 0.25) is 0 Å².